The lowest BCUT2D eigenvalue weighted by atomic mass is 9.98. The van der Waals surface area contributed by atoms with Crippen LogP contribution < -0.4 is 10.5 Å². The molecule has 1 aromatic carbocycles. The fourth-order valence-corrected chi connectivity index (χ4v) is 2.00. The molecule has 1 atom stereocenters. The Kier molecular flexibility index (Phi) is 5.01. The first kappa shape index (κ1) is 14.0. The Bertz CT molecular complexity index is 358. The van der Waals surface area contributed by atoms with Crippen molar-refractivity contribution in [3.05, 3.63) is 29.3 Å². The summed E-state index contributed by atoms with van der Waals surface area (Å²) in [6.45, 7) is 11.4. The molecule has 0 aromatic heterocycles. The monoisotopic (exact) mass is 235 g/mol. The van der Waals surface area contributed by atoms with Crippen molar-refractivity contribution < 1.29 is 4.74 Å². The van der Waals surface area contributed by atoms with E-state index in [2.05, 4.69) is 46.8 Å². The van der Waals surface area contributed by atoms with E-state index < -0.39 is 0 Å². The Hall–Kier alpha value is -1.02. The second-order valence-electron chi connectivity index (χ2n) is 5.31. The van der Waals surface area contributed by atoms with Crippen molar-refractivity contribution in [1.82, 2.24) is 0 Å². The van der Waals surface area contributed by atoms with Gasteiger partial charge in [0.1, 0.15) is 11.9 Å². The second-order valence-corrected chi connectivity index (χ2v) is 5.31. The highest BCUT2D eigenvalue weighted by Crippen LogP contribution is 2.24. The van der Waals surface area contributed by atoms with Crippen LogP contribution in [0.1, 0.15) is 44.7 Å². The normalized spacial score (nSPS) is 13.2. The third-order valence-electron chi connectivity index (χ3n) is 3.13. The van der Waals surface area contributed by atoms with Gasteiger partial charge < -0.3 is 10.5 Å². The van der Waals surface area contributed by atoms with Crippen molar-refractivity contribution in [2.24, 2.45) is 11.7 Å². The lowest BCUT2D eigenvalue weighted by molar-refractivity contribution is 0.159. The van der Waals surface area contributed by atoms with E-state index in [0.717, 1.165) is 5.75 Å². The predicted octanol–water partition coefficient (Wildman–Crippen LogP) is 3.48. The van der Waals surface area contributed by atoms with Gasteiger partial charge in [-0.2, -0.15) is 0 Å². The van der Waals surface area contributed by atoms with Gasteiger partial charge in [0.2, 0.25) is 0 Å². The molecule has 0 radical (unpaired) electrons. The van der Waals surface area contributed by atoms with Gasteiger partial charge in [-0.1, -0.05) is 33.8 Å². The highest BCUT2D eigenvalue weighted by molar-refractivity contribution is 5.36. The minimum absolute atomic E-state index is 0.0966. The summed E-state index contributed by atoms with van der Waals surface area (Å²) in [5, 5.41) is 0. The molecule has 0 aliphatic heterocycles. The van der Waals surface area contributed by atoms with E-state index >= 15 is 0 Å². The molecule has 1 rings (SSSR count). The Morgan fingerprint density at radius 1 is 1.18 bits per heavy atom. The maximum atomic E-state index is 5.92. The smallest absolute Gasteiger partial charge is 0.120 e. The molecular weight excluding hydrogens is 210 g/mol. The average molecular weight is 235 g/mol. The molecule has 0 aliphatic rings. The van der Waals surface area contributed by atoms with E-state index in [1.165, 1.54) is 11.1 Å². The molecular formula is C15H25NO. The summed E-state index contributed by atoms with van der Waals surface area (Å²) in [5.41, 5.74) is 8.38. The molecule has 0 saturated carbocycles. The van der Waals surface area contributed by atoms with Gasteiger partial charge in [0.25, 0.3) is 0 Å². The molecule has 0 bridgehead atoms. The Labute approximate surface area is 105 Å². The summed E-state index contributed by atoms with van der Waals surface area (Å²) in [5.74, 6) is 1.92. The van der Waals surface area contributed by atoms with Crippen LogP contribution in [-0.2, 0) is 0 Å². The van der Waals surface area contributed by atoms with Crippen LogP contribution in [0.3, 0.4) is 0 Å². The zero-order chi connectivity index (χ0) is 13.0. The number of hydrogen-bond acceptors (Lipinski definition) is 2. The van der Waals surface area contributed by atoms with Gasteiger partial charge in [-0.05, 0) is 42.0 Å². The molecule has 0 amide bonds. The topological polar surface area (TPSA) is 35.2 Å². The van der Waals surface area contributed by atoms with Crippen molar-refractivity contribution in [2.75, 3.05) is 6.54 Å². The van der Waals surface area contributed by atoms with Gasteiger partial charge in [-0.25, -0.2) is 0 Å². The highest BCUT2D eigenvalue weighted by Gasteiger charge is 2.13. The van der Waals surface area contributed by atoms with E-state index in [9.17, 15) is 0 Å². The first-order valence-corrected chi connectivity index (χ1v) is 6.43. The number of aryl methyl sites for hydroxylation is 1. The molecule has 0 saturated heterocycles. The maximum absolute atomic E-state index is 5.92. The Balaban J connectivity index is 2.83. The second kappa shape index (κ2) is 6.06. The molecule has 2 heteroatoms. The first-order chi connectivity index (χ1) is 7.95. The zero-order valence-corrected chi connectivity index (χ0v) is 11.7. The fourth-order valence-electron chi connectivity index (χ4n) is 2.00. The summed E-state index contributed by atoms with van der Waals surface area (Å²) in [6, 6.07) is 6.32. The van der Waals surface area contributed by atoms with E-state index in [-0.39, 0.29) is 6.10 Å². The highest BCUT2D eigenvalue weighted by atomic mass is 16.5. The SMILES string of the molecule is Cc1cc(OC(CN)C(C)C)ccc1C(C)C. The van der Waals surface area contributed by atoms with Crippen molar-refractivity contribution in [3.63, 3.8) is 0 Å². The van der Waals surface area contributed by atoms with Gasteiger partial charge in [0, 0.05) is 6.54 Å². The number of nitrogens with two attached hydrogens (primary N) is 1. The molecule has 0 fully saturated rings. The third-order valence-corrected chi connectivity index (χ3v) is 3.13. The van der Waals surface area contributed by atoms with Crippen LogP contribution in [-0.4, -0.2) is 12.6 Å². The van der Waals surface area contributed by atoms with Crippen LogP contribution in [0, 0.1) is 12.8 Å². The minimum Gasteiger partial charge on any atom is -0.489 e. The minimum atomic E-state index is 0.0966. The van der Waals surface area contributed by atoms with Gasteiger partial charge in [-0.3, -0.25) is 0 Å². The average Bonchev–Trinajstić information content (AvgIpc) is 2.24. The summed E-state index contributed by atoms with van der Waals surface area (Å²) in [6.07, 6.45) is 0.0966. The molecule has 0 spiro atoms. The van der Waals surface area contributed by atoms with E-state index in [4.69, 9.17) is 10.5 Å². The molecule has 2 nitrogen and oxygen atoms in total. The quantitative estimate of drug-likeness (QED) is 0.848. The van der Waals surface area contributed by atoms with Crippen LogP contribution in [0.4, 0.5) is 0 Å². The van der Waals surface area contributed by atoms with Crippen LogP contribution in [0.15, 0.2) is 18.2 Å². The summed E-state index contributed by atoms with van der Waals surface area (Å²) >= 11 is 0. The zero-order valence-electron chi connectivity index (χ0n) is 11.7. The predicted molar refractivity (Wildman–Crippen MR) is 73.6 cm³/mol. The van der Waals surface area contributed by atoms with Gasteiger partial charge in [0.15, 0.2) is 0 Å². The van der Waals surface area contributed by atoms with E-state index in [0.29, 0.717) is 18.4 Å². The van der Waals surface area contributed by atoms with Crippen LogP contribution in [0.5, 0.6) is 5.75 Å². The van der Waals surface area contributed by atoms with Crippen LogP contribution in [0.2, 0.25) is 0 Å². The van der Waals surface area contributed by atoms with Crippen molar-refractivity contribution in [2.45, 2.75) is 46.6 Å². The third kappa shape index (κ3) is 3.74. The van der Waals surface area contributed by atoms with E-state index in [1.807, 2.05) is 6.07 Å². The Morgan fingerprint density at radius 2 is 1.82 bits per heavy atom. The molecule has 0 heterocycles. The molecule has 0 aliphatic carbocycles. The van der Waals surface area contributed by atoms with Gasteiger partial charge in [-0.15, -0.1) is 0 Å². The summed E-state index contributed by atoms with van der Waals surface area (Å²) in [4.78, 5) is 0. The molecule has 2 N–H and O–H groups in total. The number of benzene rings is 1. The van der Waals surface area contributed by atoms with Crippen LogP contribution in [0.25, 0.3) is 0 Å². The molecule has 1 unspecified atom stereocenters. The largest absolute Gasteiger partial charge is 0.489 e. The Morgan fingerprint density at radius 3 is 2.24 bits per heavy atom. The van der Waals surface area contributed by atoms with Crippen molar-refractivity contribution >= 4 is 0 Å². The maximum Gasteiger partial charge on any atom is 0.120 e. The van der Waals surface area contributed by atoms with Crippen molar-refractivity contribution in [3.8, 4) is 5.75 Å². The molecule has 1 aromatic rings. The lowest BCUT2D eigenvalue weighted by Crippen LogP contribution is -2.31. The van der Waals surface area contributed by atoms with E-state index in [1.54, 1.807) is 0 Å². The standard InChI is InChI=1S/C15H25NO/c1-10(2)14-7-6-13(8-12(14)5)17-15(9-16)11(3)4/h6-8,10-11,15H,9,16H2,1-5H3. The number of hydrogen-bond donors (Lipinski definition) is 1. The number of ether oxygens (including phenoxy) is 1. The molecule has 17 heavy (non-hydrogen) atoms. The summed E-state index contributed by atoms with van der Waals surface area (Å²) < 4.78 is 5.92. The number of rotatable bonds is 5. The molecule has 96 valence electrons. The van der Waals surface area contributed by atoms with Crippen LogP contribution >= 0.6 is 0 Å². The van der Waals surface area contributed by atoms with Crippen molar-refractivity contribution in [1.29, 1.82) is 0 Å². The van der Waals surface area contributed by atoms with Gasteiger partial charge >= 0.3 is 0 Å². The summed E-state index contributed by atoms with van der Waals surface area (Å²) in [7, 11) is 0. The fraction of sp³-hybridized carbons (Fsp3) is 0.600. The lowest BCUT2D eigenvalue weighted by Gasteiger charge is -2.22. The first-order valence-electron chi connectivity index (χ1n) is 6.43. The van der Waals surface area contributed by atoms with Gasteiger partial charge in [0.05, 0.1) is 0 Å².